The van der Waals surface area contributed by atoms with Crippen LogP contribution in [-0.4, -0.2) is 19.5 Å². The number of hydrogen-bond donors (Lipinski definition) is 0. The zero-order valence-corrected chi connectivity index (χ0v) is 12.4. The first-order valence-corrected chi connectivity index (χ1v) is 7.23. The number of carbonyl (C=O) groups excluding carboxylic acids is 1. The first-order valence-electron chi connectivity index (χ1n) is 7.23. The molecule has 0 spiro atoms. The van der Waals surface area contributed by atoms with Crippen molar-refractivity contribution in [3.8, 4) is 22.8 Å². The van der Waals surface area contributed by atoms with Crippen LogP contribution in [0.25, 0.3) is 11.3 Å². The second-order valence-corrected chi connectivity index (χ2v) is 4.68. The molecule has 0 atom stereocenters. The molecule has 0 unspecified atom stereocenters. The molecular weight excluding hydrogens is 268 g/mol. The summed E-state index contributed by atoms with van der Waals surface area (Å²) in [6.07, 6.45) is 2.56. The lowest BCUT2D eigenvalue weighted by molar-refractivity contribution is 0.110. The van der Waals surface area contributed by atoms with Crippen LogP contribution in [0.1, 0.15) is 37.2 Å². The second kappa shape index (κ2) is 7.53. The van der Waals surface area contributed by atoms with Gasteiger partial charge in [-0.25, -0.2) is 0 Å². The van der Waals surface area contributed by atoms with E-state index in [0.717, 1.165) is 24.2 Å². The average Bonchev–Trinajstić information content (AvgIpc) is 3.00. The van der Waals surface area contributed by atoms with Gasteiger partial charge in [-0.2, -0.15) is 0 Å². The summed E-state index contributed by atoms with van der Waals surface area (Å²) >= 11 is 0. The maximum absolute atomic E-state index is 10.7. The minimum absolute atomic E-state index is 0.312. The third-order valence-electron chi connectivity index (χ3n) is 2.89. The third kappa shape index (κ3) is 3.88. The van der Waals surface area contributed by atoms with Crippen molar-refractivity contribution in [3.05, 3.63) is 36.1 Å². The smallest absolute Gasteiger partial charge is 0.185 e. The summed E-state index contributed by atoms with van der Waals surface area (Å²) in [5, 5.41) is 0. The van der Waals surface area contributed by atoms with Crippen LogP contribution in [0.2, 0.25) is 0 Å². The normalized spacial score (nSPS) is 10.4. The number of hydrogen-bond acceptors (Lipinski definition) is 4. The minimum Gasteiger partial charge on any atom is -0.490 e. The topological polar surface area (TPSA) is 48.7 Å². The van der Waals surface area contributed by atoms with Gasteiger partial charge < -0.3 is 13.9 Å². The maximum atomic E-state index is 10.7. The molecule has 0 aliphatic heterocycles. The molecule has 0 N–H and O–H groups in total. The lowest BCUT2D eigenvalue weighted by atomic mass is 10.1. The van der Waals surface area contributed by atoms with Crippen LogP contribution in [0.4, 0.5) is 0 Å². The maximum Gasteiger partial charge on any atom is 0.185 e. The molecule has 0 aliphatic rings. The summed E-state index contributed by atoms with van der Waals surface area (Å²) in [5.74, 6) is 2.39. The van der Waals surface area contributed by atoms with Crippen LogP contribution in [-0.2, 0) is 0 Å². The Labute approximate surface area is 124 Å². The highest BCUT2D eigenvalue weighted by Crippen LogP contribution is 2.33. The Balaban J connectivity index is 2.28. The lowest BCUT2D eigenvalue weighted by Gasteiger charge is -2.13. The summed E-state index contributed by atoms with van der Waals surface area (Å²) in [5.41, 5.74) is 0.859. The van der Waals surface area contributed by atoms with E-state index in [2.05, 4.69) is 13.8 Å². The van der Waals surface area contributed by atoms with Gasteiger partial charge in [-0.1, -0.05) is 13.8 Å². The van der Waals surface area contributed by atoms with Gasteiger partial charge in [-0.15, -0.1) is 0 Å². The Morgan fingerprint density at radius 2 is 1.71 bits per heavy atom. The number of rotatable bonds is 8. The van der Waals surface area contributed by atoms with Crippen molar-refractivity contribution in [2.75, 3.05) is 13.2 Å². The largest absolute Gasteiger partial charge is 0.490 e. The van der Waals surface area contributed by atoms with Crippen molar-refractivity contribution < 1.29 is 18.7 Å². The number of ether oxygens (including phenoxy) is 2. The first-order chi connectivity index (χ1) is 10.3. The van der Waals surface area contributed by atoms with Gasteiger partial charge in [0.25, 0.3) is 0 Å². The van der Waals surface area contributed by atoms with E-state index in [9.17, 15) is 4.79 Å². The predicted molar refractivity (Wildman–Crippen MR) is 81.1 cm³/mol. The van der Waals surface area contributed by atoms with Crippen LogP contribution in [0.5, 0.6) is 11.5 Å². The van der Waals surface area contributed by atoms with Crippen molar-refractivity contribution in [1.29, 1.82) is 0 Å². The summed E-state index contributed by atoms with van der Waals surface area (Å²) in [6, 6.07) is 9.08. The summed E-state index contributed by atoms with van der Waals surface area (Å²) in [7, 11) is 0. The summed E-state index contributed by atoms with van der Waals surface area (Å²) < 4.78 is 16.9. The second-order valence-electron chi connectivity index (χ2n) is 4.68. The monoisotopic (exact) mass is 288 g/mol. The molecule has 2 rings (SSSR count). The van der Waals surface area contributed by atoms with E-state index in [1.807, 2.05) is 18.2 Å². The Kier molecular flexibility index (Phi) is 5.43. The molecule has 0 saturated carbocycles. The fraction of sp³-hybridized carbons (Fsp3) is 0.353. The van der Waals surface area contributed by atoms with Gasteiger partial charge in [0.1, 0.15) is 5.76 Å². The molecule has 1 heterocycles. The lowest BCUT2D eigenvalue weighted by Crippen LogP contribution is -2.01. The fourth-order valence-corrected chi connectivity index (χ4v) is 1.89. The molecule has 4 nitrogen and oxygen atoms in total. The zero-order chi connectivity index (χ0) is 15.1. The number of carbonyl (C=O) groups is 1. The van der Waals surface area contributed by atoms with Crippen molar-refractivity contribution in [1.82, 2.24) is 0 Å². The first kappa shape index (κ1) is 15.2. The van der Waals surface area contributed by atoms with E-state index in [1.165, 1.54) is 0 Å². The van der Waals surface area contributed by atoms with E-state index >= 15 is 0 Å². The summed E-state index contributed by atoms with van der Waals surface area (Å²) in [4.78, 5) is 10.7. The molecule has 2 aromatic rings. The predicted octanol–water partition coefficient (Wildman–Crippen LogP) is 4.34. The zero-order valence-electron chi connectivity index (χ0n) is 12.4. The molecule has 0 aliphatic carbocycles. The molecule has 112 valence electrons. The van der Waals surface area contributed by atoms with E-state index in [4.69, 9.17) is 13.9 Å². The van der Waals surface area contributed by atoms with Crippen molar-refractivity contribution in [3.63, 3.8) is 0 Å². The molecule has 4 heteroatoms. The van der Waals surface area contributed by atoms with E-state index < -0.39 is 0 Å². The molecule has 0 amide bonds. The van der Waals surface area contributed by atoms with Gasteiger partial charge in [-0.05, 0) is 43.2 Å². The van der Waals surface area contributed by atoms with Crippen LogP contribution in [0.15, 0.2) is 34.7 Å². The molecule has 1 aromatic heterocycles. The molecule has 21 heavy (non-hydrogen) atoms. The standard InChI is InChI=1S/C17H20O4/c1-3-9-19-16-7-5-13(11-17(16)20-10-4-2)15-8-6-14(12-18)21-15/h5-8,11-12H,3-4,9-10H2,1-2H3. The van der Waals surface area contributed by atoms with Crippen LogP contribution < -0.4 is 9.47 Å². The quantitative estimate of drug-likeness (QED) is 0.678. The summed E-state index contributed by atoms with van der Waals surface area (Å²) in [6.45, 7) is 5.39. The molecule has 0 saturated heterocycles. The Morgan fingerprint density at radius 3 is 2.33 bits per heavy atom. The minimum atomic E-state index is 0.312. The highest BCUT2D eigenvalue weighted by Gasteiger charge is 2.10. The molecule has 0 radical (unpaired) electrons. The van der Waals surface area contributed by atoms with Gasteiger partial charge in [0.05, 0.1) is 13.2 Å². The highest BCUT2D eigenvalue weighted by molar-refractivity contribution is 5.73. The van der Waals surface area contributed by atoms with Crippen molar-refractivity contribution in [2.45, 2.75) is 26.7 Å². The number of aldehydes is 1. The van der Waals surface area contributed by atoms with Crippen LogP contribution >= 0.6 is 0 Å². The van der Waals surface area contributed by atoms with Crippen LogP contribution in [0.3, 0.4) is 0 Å². The number of benzene rings is 1. The van der Waals surface area contributed by atoms with Gasteiger partial charge >= 0.3 is 0 Å². The SMILES string of the molecule is CCCOc1ccc(-c2ccc(C=O)o2)cc1OCCC. The average molecular weight is 288 g/mol. The van der Waals surface area contributed by atoms with E-state index in [1.54, 1.807) is 12.1 Å². The van der Waals surface area contributed by atoms with Crippen LogP contribution in [0, 0.1) is 0 Å². The van der Waals surface area contributed by atoms with Gasteiger partial charge in [0.15, 0.2) is 23.5 Å². The highest BCUT2D eigenvalue weighted by atomic mass is 16.5. The van der Waals surface area contributed by atoms with Crippen molar-refractivity contribution >= 4 is 6.29 Å². The van der Waals surface area contributed by atoms with Gasteiger partial charge in [0, 0.05) is 5.56 Å². The van der Waals surface area contributed by atoms with Gasteiger partial charge in [-0.3, -0.25) is 4.79 Å². The molecule has 0 bridgehead atoms. The third-order valence-corrected chi connectivity index (χ3v) is 2.89. The van der Waals surface area contributed by atoms with Gasteiger partial charge in [0.2, 0.25) is 0 Å². The fourth-order valence-electron chi connectivity index (χ4n) is 1.89. The Bertz CT molecular complexity index is 586. The molecular formula is C17H20O4. The number of furan rings is 1. The molecule has 1 aromatic carbocycles. The van der Waals surface area contributed by atoms with Crippen molar-refractivity contribution in [2.24, 2.45) is 0 Å². The Morgan fingerprint density at radius 1 is 1.00 bits per heavy atom. The molecule has 0 fully saturated rings. The van der Waals surface area contributed by atoms with E-state index in [-0.39, 0.29) is 0 Å². The van der Waals surface area contributed by atoms with E-state index in [0.29, 0.717) is 36.8 Å². The Hall–Kier alpha value is -2.23.